The summed E-state index contributed by atoms with van der Waals surface area (Å²) >= 11 is 0. The normalized spacial score (nSPS) is 21.9. The number of pyridine rings is 1. The van der Waals surface area contributed by atoms with Crippen molar-refractivity contribution in [1.29, 1.82) is 0 Å². The number of aromatic nitrogens is 1. The zero-order chi connectivity index (χ0) is 19.9. The van der Waals surface area contributed by atoms with E-state index in [9.17, 15) is 4.79 Å². The summed E-state index contributed by atoms with van der Waals surface area (Å²) in [5.41, 5.74) is 2.16. The Morgan fingerprint density at radius 1 is 0.966 bits per heavy atom. The Kier molecular flexibility index (Phi) is 6.91. The quantitative estimate of drug-likeness (QED) is 0.752. The van der Waals surface area contributed by atoms with Gasteiger partial charge in [0.1, 0.15) is 0 Å². The van der Waals surface area contributed by atoms with Crippen molar-refractivity contribution in [3.8, 4) is 0 Å². The van der Waals surface area contributed by atoms with Crippen molar-refractivity contribution in [2.75, 3.05) is 19.6 Å². The number of hydrogen-bond acceptors (Lipinski definition) is 4. The second-order valence-electron chi connectivity index (χ2n) is 8.25. The first-order valence-electron chi connectivity index (χ1n) is 10.9. The van der Waals surface area contributed by atoms with Gasteiger partial charge in [0, 0.05) is 31.9 Å². The number of ether oxygens (including phenoxy) is 1. The highest BCUT2D eigenvalue weighted by atomic mass is 16.5. The molecule has 2 heterocycles. The van der Waals surface area contributed by atoms with E-state index in [0.717, 1.165) is 25.1 Å². The largest absolute Gasteiger partial charge is 0.370 e. The van der Waals surface area contributed by atoms with Crippen LogP contribution in [0, 0.1) is 0 Å². The molecule has 1 aliphatic heterocycles. The highest BCUT2D eigenvalue weighted by Gasteiger charge is 2.33. The Balaban J connectivity index is 1.47. The van der Waals surface area contributed by atoms with Gasteiger partial charge in [0.15, 0.2) is 0 Å². The monoisotopic (exact) mass is 393 g/mol. The summed E-state index contributed by atoms with van der Waals surface area (Å²) in [7, 11) is 0. The van der Waals surface area contributed by atoms with Gasteiger partial charge in [-0.05, 0) is 30.5 Å². The van der Waals surface area contributed by atoms with Crippen LogP contribution in [0.25, 0.3) is 0 Å². The molecule has 1 saturated heterocycles. The average molecular weight is 394 g/mol. The fraction of sp³-hybridized carbons (Fsp3) is 0.500. The van der Waals surface area contributed by atoms with Crippen molar-refractivity contribution in [2.24, 2.45) is 0 Å². The van der Waals surface area contributed by atoms with Crippen LogP contribution in [-0.2, 0) is 22.7 Å². The maximum atomic E-state index is 13.1. The summed E-state index contributed by atoms with van der Waals surface area (Å²) < 4.78 is 6.33. The maximum absolute atomic E-state index is 13.1. The second kappa shape index (κ2) is 9.99. The molecule has 4 rings (SSSR count). The third-order valence-corrected chi connectivity index (χ3v) is 6.00. The molecule has 0 N–H and O–H groups in total. The van der Waals surface area contributed by atoms with E-state index in [1.54, 1.807) is 0 Å². The van der Waals surface area contributed by atoms with Gasteiger partial charge in [0.2, 0.25) is 5.91 Å². The summed E-state index contributed by atoms with van der Waals surface area (Å²) in [4.78, 5) is 21.9. The van der Waals surface area contributed by atoms with Crippen LogP contribution in [0.15, 0.2) is 54.7 Å². The molecule has 0 radical (unpaired) electrons. The molecule has 2 fully saturated rings. The van der Waals surface area contributed by atoms with Gasteiger partial charge in [-0.1, -0.05) is 55.7 Å². The van der Waals surface area contributed by atoms with Gasteiger partial charge < -0.3 is 9.64 Å². The molecule has 0 unspecified atom stereocenters. The minimum atomic E-state index is 0.00675. The molecule has 2 aromatic rings. The molecular formula is C24H31N3O2. The summed E-state index contributed by atoms with van der Waals surface area (Å²) in [5, 5.41) is 0. The molecule has 2 aliphatic rings. The van der Waals surface area contributed by atoms with Crippen molar-refractivity contribution in [3.63, 3.8) is 0 Å². The highest BCUT2D eigenvalue weighted by molar-refractivity contribution is 5.79. The zero-order valence-corrected chi connectivity index (χ0v) is 17.1. The van der Waals surface area contributed by atoms with Gasteiger partial charge >= 0.3 is 0 Å². The van der Waals surface area contributed by atoms with E-state index in [0.29, 0.717) is 32.3 Å². The summed E-state index contributed by atoms with van der Waals surface area (Å²) in [6.07, 6.45) is 7.80. The van der Waals surface area contributed by atoms with Crippen LogP contribution in [0.2, 0.25) is 0 Å². The van der Waals surface area contributed by atoms with Gasteiger partial charge in [-0.3, -0.25) is 14.7 Å². The highest BCUT2D eigenvalue weighted by Crippen LogP contribution is 2.25. The lowest BCUT2D eigenvalue weighted by molar-refractivity contribution is -0.135. The summed E-state index contributed by atoms with van der Waals surface area (Å²) in [6.45, 7) is 3.14. The lowest BCUT2D eigenvalue weighted by Gasteiger charge is -2.35. The molecule has 154 valence electrons. The van der Waals surface area contributed by atoms with E-state index >= 15 is 0 Å². The molecule has 1 aliphatic carbocycles. The first-order valence-corrected chi connectivity index (χ1v) is 10.9. The smallest absolute Gasteiger partial charge is 0.237 e. The third kappa shape index (κ3) is 5.64. The Bertz CT molecular complexity index is 762. The standard InChI is InChI=1S/C24H31N3O2/c28-24-18-26(15-21-11-7-8-14-25-21)16-23(29-19-20-9-3-1-4-10-20)17-27(24)22-12-5-2-6-13-22/h1,3-4,7-11,14,22-23H,2,5-6,12-13,15-19H2/t23-/m0/s1. The number of carbonyl (C=O) groups excluding carboxylic acids is 1. The Morgan fingerprint density at radius 3 is 2.52 bits per heavy atom. The number of rotatable bonds is 6. The van der Waals surface area contributed by atoms with Crippen molar-refractivity contribution in [3.05, 3.63) is 66.0 Å². The van der Waals surface area contributed by atoms with Crippen molar-refractivity contribution in [1.82, 2.24) is 14.8 Å². The van der Waals surface area contributed by atoms with Gasteiger partial charge in [-0.15, -0.1) is 0 Å². The van der Waals surface area contributed by atoms with Crippen molar-refractivity contribution >= 4 is 5.91 Å². The van der Waals surface area contributed by atoms with Gasteiger partial charge in [-0.25, -0.2) is 0 Å². The van der Waals surface area contributed by atoms with Crippen LogP contribution < -0.4 is 0 Å². The predicted octanol–water partition coefficient (Wildman–Crippen LogP) is 3.64. The minimum absolute atomic E-state index is 0.00675. The van der Waals surface area contributed by atoms with E-state index < -0.39 is 0 Å². The number of benzene rings is 1. The Hall–Kier alpha value is -2.24. The molecule has 0 spiro atoms. The summed E-state index contributed by atoms with van der Waals surface area (Å²) in [6, 6.07) is 16.6. The van der Waals surface area contributed by atoms with Gasteiger partial charge in [0.25, 0.3) is 0 Å². The molecule has 1 aromatic carbocycles. The van der Waals surface area contributed by atoms with Crippen LogP contribution in [0.1, 0.15) is 43.4 Å². The number of nitrogens with zero attached hydrogens (tertiary/aromatic N) is 3. The van der Waals surface area contributed by atoms with Gasteiger partial charge in [-0.2, -0.15) is 0 Å². The average Bonchev–Trinajstić information content (AvgIpc) is 2.92. The Morgan fingerprint density at radius 2 is 1.76 bits per heavy atom. The van der Waals surface area contributed by atoms with E-state index in [-0.39, 0.29) is 12.0 Å². The molecule has 1 saturated carbocycles. The topological polar surface area (TPSA) is 45.7 Å². The minimum Gasteiger partial charge on any atom is -0.370 e. The third-order valence-electron chi connectivity index (χ3n) is 6.00. The van der Waals surface area contributed by atoms with Crippen LogP contribution in [0.3, 0.4) is 0 Å². The van der Waals surface area contributed by atoms with Crippen LogP contribution >= 0.6 is 0 Å². The molecule has 29 heavy (non-hydrogen) atoms. The molecule has 1 amide bonds. The molecule has 1 atom stereocenters. The van der Waals surface area contributed by atoms with Crippen molar-refractivity contribution in [2.45, 2.75) is 57.4 Å². The fourth-order valence-corrected chi connectivity index (χ4v) is 4.49. The molecule has 5 heteroatoms. The van der Waals surface area contributed by atoms with Crippen molar-refractivity contribution < 1.29 is 9.53 Å². The van der Waals surface area contributed by atoms with E-state index in [4.69, 9.17) is 4.74 Å². The second-order valence-corrected chi connectivity index (χ2v) is 8.25. The predicted molar refractivity (Wildman–Crippen MR) is 113 cm³/mol. The maximum Gasteiger partial charge on any atom is 0.237 e. The number of carbonyl (C=O) groups is 1. The molecule has 0 bridgehead atoms. The fourth-order valence-electron chi connectivity index (χ4n) is 4.49. The van der Waals surface area contributed by atoms with Crippen LogP contribution in [-0.4, -0.2) is 52.5 Å². The van der Waals surface area contributed by atoms with E-state index in [1.165, 1.54) is 24.8 Å². The van der Waals surface area contributed by atoms with Crippen LogP contribution in [0.4, 0.5) is 0 Å². The first-order chi connectivity index (χ1) is 14.3. The van der Waals surface area contributed by atoms with Gasteiger partial charge in [0.05, 0.1) is 24.9 Å². The van der Waals surface area contributed by atoms with E-state index in [1.807, 2.05) is 42.6 Å². The lowest BCUT2D eigenvalue weighted by atomic mass is 9.94. The first kappa shape index (κ1) is 20.0. The lowest BCUT2D eigenvalue weighted by Crippen LogP contribution is -2.45. The van der Waals surface area contributed by atoms with E-state index in [2.05, 4.69) is 26.9 Å². The molecule has 5 nitrogen and oxygen atoms in total. The molecular weight excluding hydrogens is 362 g/mol. The zero-order valence-electron chi connectivity index (χ0n) is 17.1. The van der Waals surface area contributed by atoms with Crippen LogP contribution in [0.5, 0.6) is 0 Å². The number of amides is 1. The summed E-state index contributed by atoms with van der Waals surface area (Å²) in [5.74, 6) is 0.235. The molecule has 1 aromatic heterocycles. The SMILES string of the molecule is O=C1CN(Cc2ccccn2)C[C@H](OCc2ccccc2)CN1C1CCCCC1. The Labute approximate surface area is 173 Å². The number of hydrogen-bond donors (Lipinski definition) is 0.